The molecular formula is C23H35IN6. The first-order valence-electron chi connectivity index (χ1n) is 10.7. The fourth-order valence-electron chi connectivity index (χ4n) is 3.74. The lowest BCUT2D eigenvalue weighted by Gasteiger charge is -2.34. The fraction of sp³-hybridized carbons (Fsp3) is 0.478. The Hall–Kier alpha value is -1.87. The largest absolute Gasteiger partial charge is 0.370 e. The third kappa shape index (κ3) is 6.31. The first kappa shape index (κ1) is 24.4. The van der Waals surface area contributed by atoms with E-state index in [0.29, 0.717) is 12.5 Å². The van der Waals surface area contributed by atoms with E-state index in [4.69, 9.17) is 5.73 Å². The van der Waals surface area contributed by atoms with Crippen LogP contribution in [0, 0.1) is 0 Å². The Morgan fingerprint density at radius 1 is 1.03 bits per heavy atom. The molecule has 0 radical (unpaired) electrons. The Bertz CT molecular complexity index is 791. The van der Waals surface area contributed by atoms with Gasteiger partial charge in [-0.2, -0.15) is 0 Å². The molecule has 3 rings (SSSR count). The zero-order chi connectivity index (χ0) is 20.6. The number of benzene rings is 1. The molecule has 2 aromatic rings. The number of pyridine rings is 1. The number of likely N-dealkylation sites (N-methyl/N-ethyl adjacent to an activating group) is 1. The molecule has 1 aliphatic rings. The average molecular weight is 522 g/mol. The maximum Gasteiger partial charge on any atom is 0.193 e. The molecule has 0 unspecified atom stereocenters. The van der Waals surface area contributed by atoms with Crippen molar-refractivity contribution in [3.63, 3.8) is 0 Å². The van der Waals surface area contributed by atoms with Gasteiger partial charge in [0, 0.05) is 38.1 Å². The predicted octanol–water partition coefficient (Wildman–Crippen LogP) is 3.89. The number of rotatable bonds is 7. The van der Waals surface area contributed by atoms with Crippen LogP contribution in [0.25, 0.3) is 0 Å². The molecule has 30 heavy (non-hydrogen) atoms. The number of aryl methyl sites for hydroxylation is 2. The highest BCUT2D eigenvalue weighted by Crippen LogP contribution is 2.22. The summed E-state index contributed by atoms with van der Waals surface area (Å²) in [5.41, 5.74) is 10.9. The number of hydrogen-bond acceptors (Lipinski definition) is 4. The number of nitrogens with zero attached hydrogens (tertiary/aromatic N) is 4. The molecule has 0 saturated carbocycles. The Morgan fingerprint density at radius 3 is 2.23 bits per heavy atom. The van der Waals surface area contributed by atoms with Crippen LogP contribution in [-0.4, -0.2) is 48.6 Å². The zero-order valence-corrected chi connectivity index (χ0v) is 20.7. The van der Waals surface area contributed by atoms with E-state index in [2.05, 4.69) is 76.2 Å². The molecule has 6 nitrogen and oxygen atoms in total. The van der Waals surface area contributed by atoms with Crippen LogP contribution in [0.15, 0.2) is 41.5 Å². The van der Waals surface area contributed by atoms with Crippen LogP contribution in [0.5, 0.6) is 0 Å². The Morgan fingerprint density at radius 2 is 1.70 bits per heavy atom. The second-order valence-electron chi connectivity index (χ2n) is 7.43. The second kappa shape index (κ2) is 12.1. The first-order valence-corrected chi connectivity index (χ1v) is 10.7. The molecule has 0 bridgehead atoms. The molecule has 3 N–H and O–H groups in total. The first-order chi connectivity index (χ1) is 14.1. The van der Waals surface area contributed by atoms with Crippen molar-refractivity contribution in [2.45, 2.75) is 40.2 Å². The van der Waals surface area contributed by atoms with Crippen molar-refractivity contribution in [3.05, 3.63) is 53.2 Å². The van der Waals surface area contributed by atoms with Crippen molar-refractivity contribution in [2.75, 3.05) is 42.9 Å². The topological polar surface area (TPSA) is 69.8 Å². The third-order valence-corrected chi connectivity index (χ3v) is 5.64. The van der Waals surface area contributed by atoms with Crippen LogP contribution in [0.1, 0.15) is 37.5 Å². The lowest BCUT2D eigenvalue weighted by molar-refractivity contribution is 0.270. The highest BCUT2D eigenvalue weighted by molar-refractivity contribution is 14.0. The number of guanidine groups is 1. The van der Waals surface area contributed by atoms with Crippen LogP contribution in [0.3, 0.4) is 0 Å². The molecule has 1 fully saturated rings. The van der Waals surface area contributed by atoms with Gasteiger partial charge in [-0.3, -0.25) is 0 Å². The zero-order valence-electron chi connectivity index (χ0n) is 18.4. The van der Waals surface area contributed by atoms with Crippen LogP contribution in [0.4, 0.5) is 11.5 Å². The number of hydrogen-bond donors (Lipinski definition) is 2. The van der Waals surface area contributed by atoms with E-state index in [-0.39, 0.29) is 24.0 Å². The molecule has 1 saturated heterocycles. The van der Waals surface area contributed by atoms with Gasteiger partial charge in [-0.05, 0) is 42.1 Å². The molecule has 0 spiro atoms. The van der Waals surface area contributed by atoms with Crippen molar-refractivity contribution in [2.24, 2.45) is 10.7 Å². The van der Waals surface area contributed by atoms with Crippen molar-refractivity contribution in [1.29, 1.82) is 0 Å². The van der Waals surface area contributed by atoms with Gasteiger partial charge in [-0.1, -0.05) is 45.0 Å². The monoisotopic (exact) mass is 522 g/mol. The number of nitrogens with one attached hydrogen (secondary N) is 1. The lowest BCUT2D eigenvalue weighted by Crippen LogP contribution is -2.46. The summed E-state index contributed by atoms with van der Waals surface area (Å²) in [7, 11) is 0. The van der Waals surface area contributed by atoms with Gasteiger partial charge in [0.1, 0.15) is 5.82 Å². The molecular weight excluding hydrogens is 487 g/mol. The van der Waals surface area contributed by atoms with Crippen LogP contribution < -0.4 is 16.0 Å². The molecule has 7 heteroatoms. The summed E-state index contributed by atoms with van der Waals surface area (Å²) in [6.07, 6.45) is 3.83. The highest BCUT2D eigenvalue weighted by Gasteiger charge is 2.16. The molecule has 1 aromatic carbocycles. The fourth-order valence-corrected chi connectivity index (χ4v) is 3.74. The van der Waals surface area contributed by atoms with Crippen LogP contribution >= 0.6 is 24.0 Å². The molecule has 1 aromatic heterocycles. The number of halogens is 1. The van der Waals surface area contributed by atoms with Gasteiger partial charge in [0.2, 0.25) is 0 Å². The van der Waals surface area contributed by atoms with Gasteiger partial charge in [0.15, 0.2) is 5.96 Å². The number of para-hydroxylation sites is 1. The third-order valence-electron chi connectivity index (χ3n) is 5.64. The van der Waals surface area contributed by atoms with Crippen molar-refractivity contribution in [1.82, 2.24) is 9.88 Å². The van der Waals surface area contributed by atoms with Crippen molar-refractivity contribution in [3.8, 4) is 0 Å². The highest BCUT2D eigenvalue weighted by atomic mass is 127. The number of aromatic nitrogens is 1. The number of nitrogens with two attached hydrogens (primary N) is 1. The normalized spacial score (nSPS) is 15.0. The Balaban J connectivity index is 0.00000320. The van der Waals surface area contributed by atoms with Gasteiger partial charge in [0.25, 0.3) is 0 Å². The summed E-state index contributed by atoms with van der Waals surface area (Å²) in [5.74, 6) is 1.49. The Labute approximate surface area is 198 Å². The summed E-state index contributed by atoms with van der Waals surface area (Å²) >= 11 is 0. The smallest absolute Gasteiger partial charge is 0.193 e. The minimum atomic E-state index is 0. The van der Waals surface area contributed by atoms with Gasteiger partial charge in [0.05, 0.1) is 6.54 Å². The van der Waals surface area contributed by atoms with Gasteiger partial charge < -0.3 is 20.9 Å². The van der Waals surface area contributed by atoms with Crippen molar-refractivity contribution < 1.29 is 0 Å². The molecule has 0 amide bonds. The van der Waals surface area contributed by atoms with E-state index in [1.807, 2.05) is 6.20 Å². The van der Waals surface area contributed by atoms with E-state index >= 15 is 0 Å². The van der Waals surface area contributed by atoms with Crippen molar-refractivity contribution >= 4 is 41.4 Å². The van der Waals surface area contributed by atoms with Gasteiger partial charge >= 0.3 is 0 Å². The summed E-state index contributed by atoms with van der Waals surface area (Å²) < 4.78 is 0. The number of piperazine rings is 1. The number of aliphatic imine (C=N–C) groups is 1. The Kier molecular flexibility index (Phi) is 9.84. The second-order valence-corrected chi connectivity index (χ2v) is 7.43. The van der Waals surface area contributed by atoms with E-state index in [0.717, 1.165) is 62.6 Å². The summed E-state index contributed by atoms with van der Waals surface area (Å²) in [6, 6.07) is 10.6. The lowest BCUT2D eigenvalue weighted by atomic mass is 10.0. The van der Waals surface area contributed by atoms with E-state index < -0.39 is 0 Å². The molecule has 0 aliphatic carbocycles. The summed E-state index contributed by atoms with van der Waals surface area (Å²) in [4.78, 5) is 14.0. The van der Waals surface area contributed by atoms with E-state index in [1.165, 1.54) is 11.1 Å². The van der Waals surface area contributed by atoms with E-state index in [1.54, 1.807) is 0 Å². The summed E-state index contributed by atoms with van der Waals surface area (Å²) in [5, 5.41) is 3.32. The molecule has 2 heterocycles. The quantitative estimate of drug-likeness (QED) is 0.328. The van der Waals surface area contributed by atoms with Gasteiger partial charge in [-0.15, -0.1) is 24.0 Å². The van der Waals surface area contributed by atoms with Gasteiger partial charge in [-0.25, -0.2) is 9.98 Å². The summed E-state index contributed by atoms with van der Waals surface area (Å²) in [6.45, 7) is 12.4. The number of anilines is 2. The molecule has 164 valence electrons. The molecule has 1 aliphatic heterocycles. The van der Waals surface area contributed by atoms with Crippen LogP contribution in [0.2, 0.25) is 0 Å². The predicted molar refractivity (Wildman–Crippen MR) is 138 cm³/mol. The molecule has 0 atom stereocenters. The maximum atomic E-state index is 6.18. The maximum absolute atomic E-state index is 6.18. The standard InChI is InChI=1S/C23H34N6.HI/c1-4-19-8-7-9-20(5-2)22(19)27-23(24)26-17-18-10-11-21(25-16-18)29-14-12-28(6-3)13-15-29;/h7-11,16H,4-6,12-15,17H2,1-3H3,(H3,24,26,27);1H. The average Bonchev–Trinajstić information content (AvgIpc) is 2.78. The minimum Gasteiger partial charge on any atom is -0.370 e. The SMILES string of the molecule is CCc1cccc(CC)c1NC(N)=NCc1ccc(N2CCN(CC)CC2)nc1.I. The van der Waals surface area contributed by atoms with Crippen LogP contribution in [-0.2, 0) is 19.4 Å². The van der Waals surface area contributed by atoms with E-state index in [9.17, 15) is 0 Å². The minimum absolute atomic E-state index is 0.